The van der Waals surface area contributed by atoms with E-state index in [9.17, 15) is 4.39 Å². The molecule has 3 heteroatoms. The fourth-order valence-corrected chi connectivity index (χ4v) is 1.33. The Morgan fingerprint density at radius 3 is 1.90 bits per heavy atom. The molecule has 0 radical (unpaired) electrons. The molecule has 0 atom stereocenters. The highest BCUT2D eigenvalue weighted by Gasteiger charge is 1.88. The fraction of sp³-hybridized carbons (Fsp3) is 0.176. The first-order valence-electron chi connectivity index (χ1n) is 6.41. The number of hydrogen-bond donors (Lipinski definition) is 1. The Hall–Kier alpha value is -2.29. The van der Waals surface area contributed by atoms with Crippen molar-refractivity contribution in [2.45, 2.75) is 20.8 Å². The largest absolute Gasteiger partial charge is 0.470 e. The van der Waals surface area contributed by atoms with E-state index < -0.39 is 0 Å². The van der Waals surface area contributed by atoms with Crippen LogP contribution in [-0.2, 0) is 0 Å². The number of furan rings is 1. The van der Waals surface area contributed by atoms with Crippen LogP contribution in [0.5, 0.6) is 0 Å². The lowest BCUT2D eigenvalue weighted by atomic mass is 10.2. The molecular weight excluding hydrogens is 253 g/mol. The number of hydrogen-bond acceptors (Lipinski definition) is 1. The molecule has 0 fully saturated rings. The van der Waals surface area contributed by atoms with Crippen LogP contribution < -0.4 is 0 Å². The number of aryl methyl sites for hydroxylation is 3. The van der Waals surface area contributed by atoms with Crippen molar-refractivity contribution in [3.63, 3.8) is 0 Å². The monoisotopic (exact) mass is 273 g/mol. The molecule has 1 N–H and O–H groups in total. The van der Waals surface area contributed by atoms with Crippen LogP contribution in [0.25, 0.3) is 0 Å². The van der Waals surface area contributed by atoms with E-state index in [4.69, 9.17) is 4.42 Å². The van der Waals surface area contributed by atoms with Crippen LogP contribution in [-0.4, -0.2) is 4.98 Å². The Bertz CT molecular complexity index is 518. The zero-order valence-electron chi connectivity index (χ0n) is 12.1. The molecule has 0 aliphatic carbocycles. The second kappa shape index (κ2) is 8.75. The maximum absolute atomic E-state index is 12.3. The molecule has 0 aliphatic heterocycles. The quantitative estimate of drug-likeness (QED) is 0.610. The molecule has 0 saturated heterocycles. The van der Waals surface area contributed by atoms with Crippen molar-refractivity contribution in [3.05, 3.63) is 83.8 Å². The van der Waals surface area contributed by atoms with E-state index in [2.05, 4.69) is 4.98 Å². The molecule has 0 saturated carbocycles. The Kier molecular flexibility index (Phi) is 6.90. The predicted molar refractivity (Wildman–Crippen MR) is 80.1 cm³/mol. The number of rotatable bonds is 0. The van der Waals surface area contributed by atoms with E-state index in [1.165, 1.54) is 11.8 Å². The van der Waals surface area contributed by atoms with E-state index in [-0.39, 0.29) is 5.82 Å². The molecular formula is C17H20FNO. The van der Waals surface area contributed by atoms with Gasteiger partial charge in [0.05, 0.1) is 6.26 Å². The molecule has 2 nitrogen and oxygen atoms in total. The van der Waals surface area contributed by atoms with Gasteiger partial charge in [0.2, 0.25) is 0 Å². The van der Waals surface area contributed by atoms with Crippen LogP contribution >= 0.6 is 0 Å². The summed E-state index contributed by atoms with van der Waals surface area (Å²) in [5, 5.41) is 0. The number of halogens is 1. The first-order chi connectivity index (χ1) is 9.59. The van der Waals surface area contributed by atoms with Crippen molar-refractivity contribution < 1.29 is 8.81 Å². The molecule has 2 aromatic heterocycles. The molecule has 0 amide bonds. The van der Waals surface area contributed by atoms with Crippen LogP contribution in [0.15, 0.2) is 65.4 Å². The molecule has 3 aromatic rings. The van der Waals surface area contributed by atoms with E-state index in [0.717, 1.165) is 5.76 Å². The third-order valence-corrected chi connectivity index (χ3v) is 2.49. The summed E-state index contributed by atoms with van der Waals surface area (Å²) < 4.78 is 17.2. The highest BCUT2D eigenvalue weighted by Crippen LogP contribution is 2.02. The highest BCUT2D eigenvalue weighted by molar-refractivity contribution is 5.14. The minimum absolute atomic E-state index is 0.132. The standard InChI is InChI=1S/C7H7F.C5H7N.C5H6O/c1-6-4-2-3-5-7(6)8;2*1-5-3-2-4-6-5/h2-5H,1H3;2-4,6H,1H3;2-4H,1H3. The Balaban J connectivity index is 0.000000152. The summed E-state index contributed by atoms with van der Waals surface area (Å²) >= 11 is 0. The molecule has 0 unspecified atom stereocenters. The van der Waals surface area contributed by atoms with Gasteiger partial charge in [0.15, 0.2) is 0 Å². The number of benzene rings is 1. The van der Waals surface area contributed by atoms with E-state index in [1.807, 2.05) is 50.4 Å². The summed E-state index contributed by atoms with van der Waals surface area (Å²) in [6, 6.07) is 14.5. The van der Waals surface area contributed by atoms with Crippen LogP contribution in [0.4, 0.5) is 4.39 Å². The number of aromatic nitrogens is 1. The lowest BCUT2D eigenvalue weighted by Crippen LogP contribution is -1.76. The topological polar surface area (TPSA) is 28.9 Å². The normalized spacial score (nSPS) is 9.00. The minimum atomic E-state index is -0.132. The van der Waals surface area contributed by atoms with Crippen LogP contribution in [0, 0.1) is 26.6 Å². The van der Waals surface area contributed by atoms with Gasteiger partial charge in [-0.2, -0.15) is 0 Å². The molecule has 106 valence electrons. The first-order valence-corrected chi connectivity index (χ1v) is 6.41. The van der Waals surface area contributed by atoms with Gasteiger partial charge in [-0.15, -0.1) is 0 Å². The van der Waals surface area contributed by atoms with Gasteiger partial charge < -0.3 is 9.40 Å². The van der Waals surface area contributed by atoms with Crippen LogP contribution in [0.2, 0.25) is 0 Å². The molecule has 3 rings (SSSR count). The first kappa shape index (κ1) is 15.8. The average Bonchev–Trinajstić information content (AvgIpc) is 3.08. The molecule has 20 heavy (non-hydrogen) atoms. The van der Waals surface area contributed by atoms with Gasteiger partial charge in [-0.3, -0.25) is 0 Å². The van der Waals surface area contributed by atoms with E-state index >= 15 is 0 Å². The van der Waals surface area contributed by atoms with Crippen molar-refractivity contribution in [1.29, 1.82) is 0 Å². The molecule has 0 bridgehead atoms. The number of H-pyrrole nitrogens is 1. The Morgan fingerprint density at radius 2 is 1.65 bits per heavy atom. The summed E-state index contributed by atoms with van der Waals surface area (Å²) in [5.74, 6) is 0.836. The lowest BCUT2D eigenvalue weighted by Gasteiger charge is -1.89. The maximum Gasteiger partial charge on any atom is 0.126 e. The second-order valence-corrected chi connectivity index (χ2v) is 4.33. The van der Waals surface area contributed by atoms with Crippen molar-refractivity contribution in [3.8, 4) is 0 Å². The summed E-state index contributed by atoms with van der Waals surface area (Å²) in [7, 11) is 0. The SMILES string of the molecule is Cc1ccc[nH]1.Cc1ccccc1F.Cc1ccco1. The second-order valence-electron chi connectivity index (χ2n) is 4.33. The maximum atomic E-state index is 12.3. The summed E-state index contributed by atoms with van der Waals surface area (Å²) in [5.41, 5.74) is 1.92. The van der Waals surface area contributed by atoms with Crippen LogP contribution in [0.3, 0.4) is 0 Å². The van der Waals surface area contributed by atoms with Crippen molar-refractivity contribution >= 4 is 0 Å². The Morgan fingerprint density at radius 1 is 0.900 bits per heavy atom. The zero-order chi connectivity index (χ0) is 14.8. The highest BCUT2D eigenvalue weighted by atomic mass is 19.1. The average molecular weight is 273 g/mol. The van der Waals surface area contributed by atoms with E-state index in [0.29, 0.717) is 5.56 Å². The summed E-state index contributed by atoms with van der Waals surface area (Å²) in [6.45, 7) is 5.69. The summed E-state index contributed by atoms with van der Waals surface area (Å²) in [6.07, 6.45) is 3.57. The lowest BCUT2D eigenvalue weighted by molar-refractivity contribution is 0.534. The molecule has 2 heterocycles. The van der Waals surface area contributed by atoms with Crippen molar-refractivity contribution in [2.24, 2.45) is 0 Å². The van der Waals surface area contributed by atoms with Gasteiger partial charge in [0, 0.05) is 11.9 Å². The van der Waals surface area contributed by atoms with Crippen molar-refractivity contribution in [2.75, 3.05) is 0 Å². The van der Waals surface area contributed by atoms with Gasteiger partial charge in [-0.25, -0.2) is 4.39 Å². The molecule has 1 aromatic carbocycles. The van der Waals surface area contributed by atoms with Gasteiger partial charge in [0.25, 0.3) is 0 Å². The number of nitrogens with one attached hydrogen (secondary N) is 1. The van der Waals surface area contributed by atoms with Gasteiger partial charge in [-0.1, -0.05) is 18.2 Å². The van der Waals surface area contributed by atoms with Crippen molar-refractivity contribution in [1.82, 2.24) is 4.98 Å². The van der Waals surface area contributed by atoms with E-state index in [1.54, 1.807) is 25.3 Å². The van der Waals surface area contributed by atoms with Gasteiger partial charge >= 0.3 is 0 Å². The Labute approximate surface area is 119 Å². The smallest absolute Gasteiger partial charge is 0.126 e. The third kappa shape index (κ3) is 6.59. The van der Waals surface area contributed by atoms with Gasteiger partial charge in [-0.05, 0) is 56.7 Å². The van der Waals surface area contributed by atoms with Crippen LogP contribution in [0.1, 0.15) is 17.0 Å². The summed E-state index contributed by atoms with van der Waals surface area (Å²) in [4.78, 5) is 3.00. The third-order valence-electron chi connectivity index (χ3n) is 2.49. The number of aromatic amines is 1. The van der Waals surface area contributed by atoms with Gasteiger partial charge in [0.1, 0.15) is 11.6 Å². The molecule has 0 spiro atoms. The molecule has 0 aliphatic rings. The zero-order valence-corrected chi connectivity index (χ0v) is 12.1. The fourth-order valence-electron chi connectivity index (χ4n) is 1.33. The predicted octanol–water partition coefficient (Wildman–Crippen LogP) is 5.05. The minimum Gasteiger partial charge on any atom is -0.470 e.